The van der Waals surface area contributed by atoms with E-state index in [0.717, 1.165) is 5.56 Å². The van der Waals surface area contributed by atoms with Crippen LogP contribution in [0.4, 0.5) is 0 Å². The molecule has 1 aromatic heterocycles. The Morgan fingerprint density at radius 1 is 1.00 bits per heavy atom. The number of phenols is 2. The molecule has 0 atom stereocenters. The minimum absolute atomic E-state index is 0.115. The van der Waals surface area contributed by atoms with Crippen molar-refractivity contribution in [3.63, 3.8) is 0 Å². The Labute approximate surface area is 126 Å². The van der Waals surface area contributed by atoms with Crippen LogP contribution in [0.5, 0.6) is 11.5 Å². The molecule has 110 valence electrons. The maximum atomic E-state index is 12.2. The smallest absolute Gasteiger partial charge is 0.184 e. The van der Waals surface area contributed by atoms with Gasteiger partial charge in [0.05, 0.1) is 5.69 Å². The standard InChI is InChI=1S/C17H14N2O3/c20-15-7-6-11(9-17(15)22)8-16(21)14-10-13(18-19-14)12-4-2-1-3-5-12/h1-7,9-10,20,22H,8H2,(H,18,19). The molecule has 0 aliphatic rings. The fourth-order valence-corrected chi connectivity index (χ4v) is 2.18. The number of nitrogens with one attached hydrogen (secondary N) is 1. The minimum atomic E-state index is -0.236. The number of rotatable bonds is 4. The average molecular weight is 294 g/mol. The van der Waals surface area contributed by atoms with Crippen LogP contribution in [0.3, 0.4) is 0 Å². The molecule has 0 aliphatic heterocycles. The number of aromatic nitrogens is 2. The van der Waals surface area contributed by atoms with Gasteiger partial charge in [-0.15, -0.1) is 0 Å². The summed E-state index contributed by atoms with van der Waals surface area (Å²) in [6, 6.07) is 15.6. The second-order valence-corrected chi connectivity index (χ2v) is 4.96. The Kier molecular flexibility index (Phi) is 3.62. The van der Waals surface area contributed by atoms with Crippen molar-refractivity contribution in [3.05, 3.63) is 65.9 Å². The van der Waals surface area contributed by atoms with Gasteiger partial charge in [-0.2, -0.15) is 5.10 Å². The van der Waals surface area contributed by atoms with Crippen molar-refractivity contribution in [1.82, 2.24) is 10.2 Å². The van der Waals surface area contributed by atoms with E-state index in [1.165, 1.54) is 12.1 Å². The number of benzene rings is 2. The zero-order valence-electron chi connectivity index (χ0n) is 11.7. The van der Waals surface area contributed by atoms with Crippen LogP contribution in [0, 0.1) is 0 Å². The number of phenolic OH excluding ortho intramolecular Hbond substituents is 2. The summed E-state index contributed by atoms with van der Waals surface area (Å²) in [6.45, 7) is 0. The zero-order chi connectivity index (χ0) is 15.5. The topological polar surface area (TPSA) is 86.2 Å². The van der Waals surface area contributed by atoms with Crippen molar-refractivity contribution in [1.29, 1.82) is 0 Å². The Morgan fingerprint density at radius 2 is 1.77 bits per heavy atom. The molecule has 0 unspecified atom stereocenters. The van der Waals surface area contributed by atoms with Gasteiger partial charge in [-0.25, -0.2) is 0 Å². The highest BCUT2D eigenvalue weighted by Gasteiger charge is 2.12. The highest BCUT2D eigenvalue weighted by atomic mass is 16.3. The van der Waals surface area contributed by atoms with Gasteiger partial charge in [0, 0.05) is 12.0 Å². The molecule has 0 amide bonds. The van der Waals surface area contributed by atoms with Crippen molar-refractivity contribution < 1.29 is 15.0 Å². The molecule has 5 heteroatoms. The van der Waals surface area contributed by atoms with Crippen LogP contribution >= 0.6 is 0 Å². The molecule has 3 rings (SSSR count). The first kappa shape index (κ1) is 13.9. The van der Waals surface area contributed by atoms with Crippen molar-refractivity contribution in [2.24, 2.45) is 0 Å². The quantitative estimate of drug-likeness (QED) is 0.510. The molecule has 5 nitrogen and oxygen atoms in total. The lowest BCUT2D eigenvalue weighted by molar-refractivity contribution is 0.0988. The number of carbonyl (C=O) groups excluding carboxylic acids is 1. The normalized spacial score (nSPS) is 10.5. The fourth-order valence-electron chi connectivity index (χ4n) is 2.18. The molecule has 2 aromatic carbocycles. The number of H-pyrrole nitrogens is 1. The monoisotopic (exact) mass is 294 g/mol. The van der Waals surface area contributed by atoms with Crippen LogP contribution in [0.1, 0.15) is 16.1 Å². The number of Topliss-reactive ketones (excluding diaryl/α,β-unsaturated/α-hetero) is 1. The van der Waals surface area contributed by atoms with Gasteiger partial charge in [0.15, 0.2) is 17.3 Å². The van der Waals surface area contributed by atoms with E-state index in [2.05, 4.69) is 10.2 Å². The van der Waals surface area contributed by atoms with Gasteiger partial charge in [-0.05, 0) is 23.8 Å². The Balaban J connectivity index is 1.78. The van der Waals surface area contributed by atoms with Gasteiger partial charge in [-0.3, -0.25) is 9.89 Å². The molecule has 3 N–H and O–H groups in total. The Morgan fingerprint density at radius 3 is 2.50 bits per heavy atom. The average Bonchev–Trinajstić information content (AvgIpc) is 3.02. The van der Waals surface area contributed by atoms with Gasteiger partial charge < -0.3 is 10.2 Å². The van der Waals surface area contributed by atoms with Crippen LogP contribution < -0.4 is 0 Å². The number of hydrogen-bond acceptors (Lipinski definition) is 4. The zero-order valence-corrected chi connectivity index (χ0v) is 11.7. The summed E-state index contributed by atoms with van der Waals surface area (Å²) >= 11 is 0. The van der Waals surface area contributed by atoms with Gasteiger partial charge in [0.2, 0.25) is 0 Å². The Hall–Kier alpha value is -3.08. The summed E-state index contributed by atoms with van der Waals surface area (Å²) in [5.41, 5.74) is 2.67. The maximum absolute atomic E-state index is 12.2. The first-order valence-electron chi connectivity index (χ1n) is 6.78. The van der Waals surface area contributed by atoms with E-state index in [-0.39, 0.29) is 23.7 Å². The molecule has 0 radical (unpaired) electrons. The van der Waals surface area contributed by atoms with Gasteiger partial charge in [-0.1, -0.05) is 36.4 Å². The van der Waals surface area contributed by atoms with Crippen LogP contribution in [0.15, 0.2) is 54.6 Å². The molecule has 0 saturated heterocycles. The summed E-state index contributed by atoms with van der Waals surface area (Å²) in [4.78, 5) is 12.2. The molecule has 3 aromatic rings. The summed E-state index contributed by atoms with van der Waals surface area (Å²) in [7, 11) is 0. The first-order chi connectivity index (χ1) is 10.6. The molecule has 0 fully saturated rings. The van der Waals surface area contributed by atoms with E-state index >= 15 is 0 Å². The van der Waals surface area contributed by atoms with E-state index in [1.54, 1.807) is 12.1 Å². The number of carbonyl (C=O) groups is 1. The number of hydrogen-bond donors (Lipinski definition) is 3. The number of ketones is 1. The third-order valence-electron chi connectivity index (χ3n) is 3.35. The van der Waals surface area contributed by atoms with Crippen LogP contribution in [-0.2, 0) is 6.42 Å². The van der Waals surface area contributed by atoms with E-state index in [1.807, 2.05) is 30.3 Å². The van der Waals surface area contributed by atoms with Crippen LogP contribution in [0.25, 0.3) is 11.3 Å². The molecule has 0 saturated carbocycles. The lowest BCUT2D eigenvalue weighted by Crippen LogP contribution is -2.03. The summed E-state index contributed by atoms with van der Waals surface area (Å²) in [5, 5.41) is 25.6. The summed E-state index contributed by atoms with van der Waals surface area (Å²) in [6.07, 6.45) is 0.115. The molecule has 1 heterocycles. The molecule has 0 aliphatic carbocycles. The van der Waals surface area contributed by atoms with E-state index in [0.29, 0.717) is 17.0 Å². The van der Waals surface area contributed by atoms with Crippen molar-refractivity contribution >= 4 is 5.78 Å². The predicted molar refractivity (Wildman–Crippen MR) is 81.8 cm³/mol. The number of nitrogens with zero attached hydrogens (tertiary/aromatic N) is 1. The lowest BCUT2D eigenvalue weighted by Gasteiger charge is -2.02. The number of aromatic hydroxyl groups is 2. The highest BCUT2D eigenvalue weighted by molar-refractivity contribution is 5.96. The van der Waals surface area contributed by atoms with Crippen molar-refractivity contribution in [2.75, 3.05) is 0 Å². The summed E-state index contributed by atoms with van der Waals surface area (Å²) < 4.78 is 0. The first-order valence-corrected chi connectivity index (χ1v) is 6.78. The molecule has 0 spiro atoms. The molecular weight excluding hydrogens is 280 g/mol. The molecule has 22 heavy (non-hydrogen) atoms. The van der Waals surface area contributed by atoms with E-state index in [4.69, 9.17) is 0 Å². The van der Waals surface area contributed by atoms with E-state index in [9.17, 15) is 15.0 Å². The lowest BCUT2D eigenvalue weighted by atomic mass is 10.1. The van der Waals surface area contributed by atoms with Crippen molar-refractivity contribution in [3.8, 4) is 22.8 Å². The highest BCUT2D eigenvalue weighted by Crippen LogP contribution is 2.25. The third-order valence-corrected chi connectivity index (χ3v) is 3.35. The minimum Gasteiger partial charge on any atom is -0.504 e. The van der Waals surface area contributed by atoms with Gasteiger partial charge >= 0.3 is 0 Å². The largest absolute Gasteiger partial charge is 0.504 e. The SMILES string of the molecule is O=C(Cc1ccc(O)c(O)c1)c1cc(-c2ccccc2)n[nH]1. The third kappa shape index (κ3) is 2.83. The van der Waals surface area contributed by atoms with Crippen molar-refractivity contribution in [2.45, 2.75) is 6.42 Å². The molecule has 0 bridgehead atoms. The predicted octanol–water partition coefficient (Wildman–Crippen LogP) is 2.91. The summed E-state index contributed by atoms with van der Waals surface area (Å²) in [5.74, 6) is -0.580. The Bertz CT molecular complexity index is 810. The van der Waals surface area contributed by atoms with Crippen LogP contribution in [-0.4, -0.2) is 26.2 Å². The number of aromatic amines is 1. The second kappa shape index (κ2) is 5.73. The molecular formula is C17H14N2O3. The fraction of sp³-hybridized carbons (Fsp3) is 0.0588. The van der Waals surface area contributed by atoms with Crippen LogP contribution in [0.2, 0.25) is 0 Å². The second-order valence-electron chi connectivity index (χ2n) is 4.96. The maximum Gasteiger partial charge on any atom is 0.184 e. The van der Waals surface area contributed by atoms with Gasteiger partial charge in [0.25, 0.3) is 0 Å². The van der Waals surface area contributed by atoms with Gasteiger partial charge in [0.1, 0.15) is 5.69 Å². The van der Waals surface area contributed by atoms with E-state index < -0.39 is 0 Å².